The van der Waals surface area contributed by atoms with Crippen molar-refractivity contribution >= 4 is 34.5 Å². The molecule has 0 saturated carbocycles. The van der Waals surface area contributed by atoms with Crippen LogP contribution in [0.1, 0.15) is 20.8 Å². The smallest absolute Gasteiger partial charge is 0.254 e. The lowest BCUT2D eigenvalue weighted by molar-refractivity contribution is 0.0747. The molecule has 1 saturated heterocycles. The van der Waals surface area contributed by atoms with Crippen LogP contribution in [0.4, 0.5) is 5.69 Å². The van der Waals surface area contributed by atoms with Gasteiger partial charge < -0.3 is 9.80 Å². The van der Waals surface area contributed by atoms with Crippen LogP contribution in [0.5, 0.6) is 0 Å². The van der Waals surface area contributed by atoms with Gasteiger partial charge >= 0.3 is 0 Å². The monoisotopic (exact) mass is 334 g/mol. The molecule has 2 aromatic rings. The second kappa shape index (κ2) is 6.31. The largest absolute Gasteiger partial charge is 0.368 e. The van der Waals surface area contributed by atoms with Crippen LogP contribution in [-0.4, -0.2) is 37.0 Å². The third-order valence-corrected chi connectivity index (χ3v) is 5.15. The summed E-state index contributed by atoms with van der Waals surface area (Å²) < 4.78 is 0. The first kappa shape index (κ1) is 15.4. The third-order valence-electron chi connectivity index (χ3n) is 4.06. The number of hydrogen-bond acceptors (Lipinski definition) is 3. The van der Waals surface area contributed by atoms with E-state index in [-0.39, 0.29) is 5.91 Å². The van der Waals surface area contributed by atoms with Gasteiger partial charge in [0.05, 0.1) is 5.56 Å². The van der Waals surface area contributed by atoms with Crippen LogP contribution in [0.15, 0.2) is 29.6 Å². The molecule has 116 valence electrons. The Labute approximate surface area is 140 Å². The molecular weight excluding hydrogens is 316 g/mol. The first-order valence-corrected chi connectivity index (χ1v) is 8.66. The van der Waals surface area contributed by atoms with E-state index in [1.54, 1.807) is 11.3 Å². The van der Waals surface area contributed by atoms with Crippen LogP contribution >= 0.6 is 22.9 Å². The lowest BCUT2D eigenvalue weighted by atomic mass is 10.1. The van der Waals surface area contributed by atoms with E-state index in [1.807, 2.05) is 41.5 Å². The molecule has 0 spiro atoms. The molecule has 3 rings (SSSR count). The molecule has 0 atom stereocenters. The Morgan fingerprint density at radius 3 is 2.50 bits per heavy atom. The highest BCUT2D eigenvalue weighted by Gasteiger charge is 2.23. The highest BCUT2D eigenvalue weighted by Crippen LogP contribution is 2.25. The first-order chi connectivity index (χ1) is 10.5. The van der Waals surface area contributed by atoms with Gasteiger partial charge in [0.1, 0.15) is 0 Å². The maximum absolute atomic E-state index is 12.5. The van der Waals surface area contributed by atoms with Crippen LogP contribution in [-0.2, 0) is 0 Å². The molecule has 2 heterocycles. The van der Waals surface area contributed by atoms with Gasteiger partial charge in [0, 0.05) is 47.1 Å². The molecule has 0 aliphatic carbocycles. The van der Waals surface area contributed by atoms with Gasteiger partial charge in [-0.2, -0.15) is 0 Å². The fraction of sp³-hybridized carbons (Fsp3) is 0.353. The summed E-state index contributed by atoms with van der Waals surface area (Å²) in [4.78, 5) is 17.9. The van der Waals surface area contributed by atoms with E-state index < -0.39 is 0 Å². The van der Waals surface area contributed by atoms with Crippen molar-refractivity contribution in [2.24, 2.45) is 0 Å². The fourth-order valence-corrected chi connectivity index (χ4v) is 3.65. The number of hydrogen-bond donors (Lipinski definition) is 0. The van der Waals surface area contributed by atoms with Gasteiger partial charge in [0.25, 0.3) is 5.91 Å². The zero-order valence-corrected chi connectivity index (χ0v) is 14.4. The van der Waals surface area contributed by atoms with Gasteiger partial charge in [-0.3, -0.25) is 4.79 Å². The van der Waals surface area contributed by atoms with E-state index in [1.165, 1.54) is 16.1 Å². The second-order valence-corrected chi connectivity index (χ2v) is 7.21. The highest BCUT2D eigenvalue weighted by atomic mass is 35.5. The summed E-state index contributed by atoms with van der Waals surface area (Å²) in [7, 11) is 0. The topological polar surface area (TPSA) is 23.6 Å². The van der Waals surface area contributed by atoms with Crippen LogP contribution in [0.2, 0.25) is 5.02 Å². The molecule has 1 aromatic heterocycles. The number of benzene rings is 1. The van der Waals surface area contributed by atoms with E-state index in [9.17, 15) is 4.79 Å². The molecule has 5 heteroatoms. The zero-order chi connectivity index (χ0) is 15.7. The number of piperazine rings is 1. The summed E-state index contributed by atoms with van der Waals surface area (Å²) in [5, 5.41) is 2.71. The van der Waals surface area contributed by atoms with E-state index in [2.05, 4.69) is 11.8 Å². The molecule has 0 radical (unpaired) electrons. The van der Waals surface area contributed by atoms with E-state index in [0.29, 0.717) is 0 Å². The van der Waals surface area contributed by atoms with Crippen molar-refractivity contribution in [2.45, 2.75) is 13.8 Å². The minimum absolute atomic E-state index is 0.145. The molecule has 3 nitrogen and oxygen atoms in total. The number of carbonyl (C=O) groups excluding carboxylic acids is 1. The summed E-state index contributed by atoms with van der Waals surface area (Å²) in [5.74, 6) is 0.145. The maximum Gasteiger partial charge on any atom is 0.254 e. The van der Waals surface area contributed by atoms with Crippen LogP contribution in [0, 0.1) is 13.8 Å². The summed E-state index contributed by atoms with van der Waals surface area (Å²) in [6.07, 6.45) is 0. The summed E-state index contributed by atoms with van der Waals surface area (Å²) in [6, 6.07) is 7.94. The van der Waals surface area contributed by atoms with Crippen molar-refractivity contribution in [2.75, 3.05) is 31.1 Å². The zero-order valence-electron chi connectivity index (χ0n) is 12.8. The average molecular weight is 335 g/mol. The molecule has 1 aliphatic heterocycles. The predicted octanol–water partition coefficient (Wildman–Crippen LogP) is 3.98. The van der Waals surface area contributed by atoms with Gasteiger partial charge in [-0.05, 0) is 37.6 Å². The van der Waals surface area contributed by atoms with Crippen molar-refractivity contribution in [1.29, 1.82) is 0 Å². The highest BCUT2D eigenvalue weighted by molar-refractivity contribution is 7.10. The fourth-order valence-electron chi connectivity index (χ4n) is 2.81. The SMILES string of the molecule is Cc1cc(C(=O)N2CCN(c3cc(Cl)ccc3C)CC2)cs1. The van der Waals surface area contributed by atoms with E-state index >= 15 is 0 Å². The van der Waals surface area contributed by atoms with Gasteiger partial charge in [0.15, 0.2) is 0 Å². The van der Waals surface area contributed by atoms with Crippen molar-refractivity contribution in [3.05, 3.63) is 50.7 Å². The predicted molar refractivity (Wildman–Crippen MR) is 93.4 cm³/mol. The molecule has 22 heavy (non-hydrogen) atoms. The van der Waals surface area contributed by atoms with Crippen molar-refractivity contribution in [1.82, 2.24) is 4.90 Å². The van der Waals surface area contributed by atoms with Crippen molar-refractivity contribution < 1.29 is 4.79 Å². The molecular formula is C17H19ClN2OS. The maximum atomic E-state index is 12.5. The number of thiophene rings is 1. The second-order valence-electron chi connectivity index (χ2n) is 5.66. The number of halogens is 1. The number of anilines is 1. The van der Waals surface area contributed by atoms with Crippen LogP contribution in [0.3, 0.4) is 0 Å². The molecule has 1 amide bonds. The molecule has 0 N–H and O–H groups in total. The van der Waals surface area contributed by atoms with Gasteiger partial charge in [-0.25, -0.2) is 0 Å². The molecule has 1 aromatic carbocycles. The minimum Gasteiger partial charge on any atom is -0.368 e. The minimum atomic E-state index is 0.145. The Bertz CT molecular complexity index is 690. The quantitative estimate of drug-likeness (QED) is 0.829. The number of carbonyl (C=O) groups is 1. The normalized spacial score (nSPS) is 15.2. The molecule has 0 unspecified atom stereocenters. The van der Waals surface area contributed by atoms with Crippen LogP contribution < -0.4 is 4.90 Å². The van der Waals surface area contributed by atoms with E-state index in [4.69, 9.17) is 11.6 Å². The number of amides is 1. The first-order valence-electron chi connectivity index (χ1n) is 7.40. The summed E-state index contributed by atoms with van der Waals surface area (Å²) >= 11 is 7.73. The molecule has 1 aliphatic rings. The average Bonchev–Trinajstić information content (AvgIpc) is 2.96. The standard InChI is InChI=1S/C17H19ClN2OS/c1-12-3-4-15(18)10-16(12)19-5-7-20(8-6-19)17(21)14-9-13(2)22-11-14/h3-4,9-11H,5-8H2,1-2H3. The number of aryl methyl sites for hydroxylation is 2. The Kier molecular flexibility index (Phi) is 4.41. The Balaban J connectivity index is 1.67. The lowest BCUT2D eigenvalue weighted by Crippen LogP contribution is -2.48. The van der Waals surface area contributed by atoms with Gasteiger partial charge in [-0.1, -0.05) is 17.7 Å². The third kappa shape index (κ3) is 3.13. The van der Waals surface area contributed by atoms with Crippen molar-refractivity contribution in [3.63, 3.8) is 0 Å². The Morgan fingerprint density at radius 2 is 1.86 bits per heavy atom. The lowest BCUT2D eigenvalue weighted by Gasteiger charge is -2.36. The Morgan fingerprint density at radius 1 is 1.14 bits per heavy atom. The van der Waals surface area contributed by atoms with Crippen molar-refractivity contribution in [3.8, 4) is 0 Å². The van der Waals surface area contributed by atoms with Gasteiger partial charge in [-0.15, -0.1) is 11.3 Å². The molecule has 1 fully saturated rings. The number of nitrogens with zero attached hydrogens (tertiary/aromatic N) is 2. The summed E-state index contributed by atoms with van der Waals surface area (Å²) in [6.45, 7) is 7.31. The Hall–Kier alpha value is -1.52. The van der Waals surface area contributed by atoms with Crippen LogP contribution in [0.25, 0.3) is 0 Å². The number of rotatable bonds is 2. The van der Waals surface area contributed by atoms with E-state index in [0.717, 1.165) is 36.8 Å². The van der Waals surface area contributed by atoms with Gasteiger partial charge in [0.2, 0.25) is 0 Å². The summed E-state index contributed by atoms with van der Waals surface area (Å²) in [5.41, 5.74) is 3.21. The molecule has 0 bridgehead atoms.